The lowest BCUT2D eigenvalue weighted by Gasteiger charge is -2.06. The lowest BCUT2D eigenvalue weighted by Crippen LogP contribution is -1.96. The molecule has 0 bridgehead atoms. The second-order valence-electron chi connectivity index (χ2n) is 3.44. The molecule has 4 heteroatoms. The highest BCUT2D eigenvalue weighted by atomic mass is 35.5. The summed E-state index contributed by atoms with van der Waals surface area (Å²) < 4.78 is 30.7. The number of furan rings is 1. The van der Waals surface area contributed by atoms with Crippen molar-refractivity contribution in [2.75, 3.05) is 0 Å². The number of halogens is 3. The molecular formula is C12H9ClF2O. The van der Waals surface area contributed by atoms with E-state index in [1.165, 1.54) is 12.3 Å². The summed E-state index contributed by atoms with van der Waals surface area (Å²) in [5.41, 5.74) is 0.635. The average Bonchev–Trinajstić information content (AvgIpc) is 2.77. The Morgan fingerprint density at radius 3 is 2.62 bits per heavy atom. The normalized spacial score (nSPS) is 12.7. The molecule has 1 aromatic heterocycles. The van der Waals surface area contributed by atoms with Gasteiger partial charge in [-0.1, -0.05) is 6.07 Å². The van der Waals surface area contributed by atoms with Gasteiger partial charge in [0.25, 0.3) is 0 Å². The van der Waals surface area contributed by atoms with Gasteiger partial charge in [0, 0.05) is 0 Å². The number of benzene rings is 1. The largest absolute Gasteiger partial charge is 0.468 e. The van der Waals surface area contributed by atoms with E-state index < -0.39 is 11.6 Å². The Kier molecular flexibility index (Phi) is 3.25. The molecule has 0 N–H and O–H groups in total. The van der Waals surface area contributed by atoms with Crippen molar-refractivity contribution < 1.29 is 13.2 Å². The van der Waals surface area contributed by atoms with E-state index in [4.69, 9.17) is 16.0 Å². The topological polar surface area (TPSA) is 13.1 Å². The molecule has 1 heterocycles. The third-order valence-corrected chi connectivity index (χ3v) is 2.62. The summed E-state index contributed by atoms with van der Waals surface area (Å²) in [6, 6.07) is 7.23. The lowest BCUT2D eigenvalue weighted by molar-refractivity contribution is 0.497. The van der Waals surface area contributed by atoms with E-state index in [2.05, 4.69) is 0 Å². The summed E-state index contributed by atoms with van der Waals surface area (Å²) in [6.45, 7) is 0. The highest BCUT2D eigenvalue weighted by Crippen LogP contribution is 2.25. The zero-order valence-corrected chi connectivity index (χ0v) is 9.05. The molecule has 16 heavy (non-hydrogen) atoms. The highest BCUT2D eigenvalue weighted by Gasteiger charge is 2.12. The van der Waals surface area contributed by atoms with Crippen LogP contribution in [0.25, 0.3) is 0 Å². The number of hydrogen-bond donors (Lipinski definition) is 0. The van der Waals surface area contributed by atoms with Crippen LogP contribution >= 0.6 is 11.6 Å². The zero-order valence-electron chi connectivity index (χ0n) is 8.29. The molecule has 0 saturated carbocycles. The molecule has 1 unspecified atom stereocenters. The Hall–Kier alpha value is -1.35. The van der Waals surface area contributed by atoms with Crippen LogP contribution in [0.2, 0.25) is 0 Å². The van der Waals surface area contributed by atoms with Gasteiger partial charge in [-0.05, 0) is 36.2 Å². The standard InChI is InChI=1S/C12H9ClF2O/c13-9(12-2-1-5-16-12)6-8-3-4-10(14)11(15)7-8/h1-5,7,9H,6H2. The molecule has 0 aliphatic heterocycles. The fourth-order valence-electron chi connectivity index (χ4n) is 1.44. The van der Waals surface area contributed by atoms with Crippen LogP contribution in [0.15, 0.2) is 41.0 Å². The van der Waals surface area contributed by atoms with E-state index in [1.807, 2.05) is 0 Å². The summed E-state index contributed by atoms with van der Waals surface area (Å²) in [6.07, 6.45) is 1.92. The van der Waals surface area contributed by atoms with Gasteiger partial charge in [0.15, 0.2) is 11.6 Å². The molecule has 0 aliphatic rings. The second kappa shape index (κ2) is 4.66. The van der Waals surface area contributed by atoms with Gasteiger partial charge in [0.05, 0.1) is 11.6 Å². The predicted molar refractivity (Wildman–Crippen MR) is 57.4 cm³/mol. The molecule has 2 rings (SSSR count). The van der Waals surface area contributed by atoms with Crippen LogP contribution in [-0.4, -0.2) is 0 Å². The van der Waals surface area contributed by atoms with Gasteiger partial charge in [-0.15, -0.1) is 11.6 Å². The first-order valence-corrected chi connectivity index (χ1v) is 5.22. The first kappa shape index (κ1) is 11.1. The van der Waals surface area contributed by atoms with Crippen LogP contribution in [0, 0.1) is 11.6 Å². The highest BCUT2D eigenvalue weighted by molar-refractivity contribution is 6.20. The van der Waals surface area contributed by atoms with Crippen molar-refractivity contribution in [2.45, 2.75) is 11.8 Å². The molecule has 0 spiro atoms. The van der Waals surface area contributed by atoms with Gasteiger partial charge < -0.3 is 4.42 Å². The summed E-state index contributed by atoms with van der Waals surface area (Å²) >= 11 is 6.06. The minimum absolute atomic E-state index is 0.375. The first-order chi connectivity index (χ1) is 7.66. The molecule has 84 valence electrons. The van der Waals surface area contributed by atoms with Crippen LogP contribution < -0.4 is 0 Å². The Labute approximate surface area is 96.6 Å². The maximum absolute atomic E-state index is 12.9. The Morgan fingerprint density at radius 2 is 2.00 bits per heavy atom. The molecule has 0 fully saturated rings. The smallest absolute Gasteiger partial charge is 0.159 e. The number of rotatable bonds is 3. The van der Waals surface area contributed by atoms with Crippen molar-refractivity contribution in [1.29, 1.82) is 0 Å². The van der Waals surface area contributed by atoms with Crippen LogP contribution in [-0.2, 0) is 6.42 Å². The van der Waals surface area contributed by atoms with Crippen molar-refractivity contribution in [3.05, 3.63) is 59.6 Å². The van der Waals surface area contributed by atoms with E-state index in [0.717, 1.165) is 12.1 Å². The molecule has 0 saturated heterocycles. The maximum Gasteiger partial charge on any atom is 0.159 e. The van der Waals surface area contributed by atoms with Crippen molar-refractivity contribution in [3.8, 4) is 0 Å². The summed E-state index contributed by atoms with van der Waals surface area (Å²) in [7, 11) is 0. The van der Waals surface area contributed by atoms with E-state index in [0.29, 0.717) is 17.7 Å². The molecule has 1 aromatic carbocycles. The molecule has 0 amide bonds. The fourth-order valence-corrected chi connectivity index (χ4v) is 1.75. The fraction of sp³-hybridized carbons (Fsp3) is 0.167. The second-order valence-corrected chi connectivity index (χ2v) is 3.96. The molecule has 0 aliphatic carbocycles. The molecule has 1 atom stereocenters. The van der Waals surface area contributed by atoms with Gasteiger partial charge >= 0.3 is 0 Å². The number of alkyl halides is 1. The Morgan fingerprint density at radius 1 is 1.19 bits per heavy atom. The van der Waals surface area contributed by atoms with Crippen molar-refractivity contribution in [1.82, 2.24) is 0 Å². The summed E-state index contributed by atoms with van der Waals surface area (Å²) in [5.74, 6) is -1.10. The van der Waals surface area contributed by atoms with Crippen molar-refractivity contribution in [3.63, 3.8) is 0 Å². The number of hydrogen-bond acceptors (Lipinski definition) is 1. The van der Waals surface area contributed by atoms with Gasteiger partial charge in [0.1, 0.15) is 5.76 Å². The average molecular weight is 243 g/mol. The van der Waals surface area contributed by atoms with E-state index in [-0.39, 0.29) is 5.38 Å². The van der Waals surface area contributed by atoms with Crippen LogP contribution in [0.1, 0.15) is 16.7 Å². The quantitative estimate of drug-likeness (QED) is 0.739. The monoisotopic (exact) mass is 242 g/mol. The third-order valence-electron chi connectivity index (χ3n) is 2.25. The van der Waals surface area contributed by atoms with Crippen LogP contribution in [0.4, 0.5) is 8.78 Å². The van der Waals surface area contributed by atoms with E-state index >= 15 is 0 Å². The SMILES string of the molecule is Fc1ccc(CC(Cl)c2ccco2)cc1F. The third kappa shape index (κ3) is 2.42. The van der Waals surface area contributed by atoms with E-state index in [1.54, 1.807) is 12.1 Å². The predicted octanol–water partition coefficient (Wildman–Crippen LogP) is 4.08. The zero-order chi connectivity index (χ0) is 11.5. The van der Waals surface area contributed by atoms with Crippen molar-refractivity contribution >= 4 is 11.6 Å². The van der Waals surface area contributed by atoms with Gasteiger partial charge in [-0.25, -0.2) is 8.78 Å². The van der Waals surface area contributed by atoms with Crippen molar-refractivity contribution in [2.24, 2.45) is 0 Å². The Balaban J connectivity index is 2.12. The van der Waals surface area contributed by atoms with E-state index in [9.17, 15) is 8.78 Å². The Bertz CT molecular complexity index is 468. The van der Waals surface area contributed by atoms with Gasteiger partial charge in [-0.3, -0.25) is 0 Å². The molecular weight excluding hydrogens is 234 g/mol. The minimum Gasteiger partial charge on any atom is -0.468 e. The summed E-state index contributed by atoms with van der Waals surface area (Å²) in [5, 5.41) is -0.375. The maximum atomic E-state index is 12.9. The molecule has 2 aromatic rings. The first-order valence-electron chi connectivity index (χ1n) is 4.78. The molecule has 1 nitrogen and oxygen atoms in total. The van der Waals surface area contributed by atoms with Crippen LogP contribution in [0.3, 0.4) is 0 Å². The van der Waals surface area contributed by atoms with Crippen LogP contribution in [0.5, 0.6) is 0 Å². The lowest BCUT2D eigenvalue weighted by atomic mass is 10.1. The molecule has 0 radical (unpaired) electrons. The van der Waals surface area contributed by atoms with Gasteiger partial charge in [0.2, 0.25) is 0 Å². The minimum atomic E-state index is -0.860. The van der Waals surface area contributed by atoms with Gasteiger partial charge in [-0.2, -0.15) is 0 Å². The summed E-state index contributed by atoms with van der Waals surface area (Å²) in [4.78, 5) is 0.